The molecule has 1 rings (SSSR count). The van der Waals surface area contributed by atoms with Crippen LogP contribution in [0.15, 0.2) is 12.4 Å². The van der Waals surface area contributed by atoms with Gasteiger partial charge in [-0.25, -0.2) is 0 Å². The molecule has 0 spiro atoms. The minimum absolute atomic E-state index is 0.833. The minimum atomic E-state index is -0.833. The summed E-state index contributed by atoms with van der Waals surface area (Å²) < 4.78 is 0. The molecule has 24 heavy (non-hydrogen) atoms. The summed E-state index contributed by atoms with van der Waals surface area (Å²) in [6, 6.07) is 0. The number of carboxylic acids is 1. The summed E-state index contributed by atoms with van der Waals surface area (Å²) in [4.78, 5) is 13.6. The monoisotopic (exact) mass is 340 g/mol. The van der Waals surface area contributed by atoms with Crippen LogP contribution in [0, 0.1) is 0 Å². The first kappa shape index (κ1) is 22.8. The van der Waals surface area contributed by atoms with E-state index in [1.165, 1.54) is 83.6 Å². The summed E-state index contributed by atoms with van der Waals surface area (Å²) in [7, 11) is 2.14. The van der Waals surface area contributed by atoms with Gasteiger partial charge in [-0.2, -0.15) is 0 Å². The van der Waals surface area contributed by atoms with Gasteiger partial charge in [0.2, 0.25) is 0 Å². The van der Waals surface area contributed by atoms with Crippen LogP contribution in [-0.2, 0) is 4.79 Å². The zero-order chi connectivity index (χ0) is 18.0. The van der Waals surface area contributed by atoms with Gasteiger partial charge in [-0.1, -0.05) is 77.6 Å². The Bertz CT molecular complexity index is 315. The number of unbranched alkanes of at least 4 members (excludes halogenated alkanes) is 11. The normalized spacial score (nSPS) is 13.1. The molecule has 0 aromatic heterocycles. The molecular weight excluding hydrogens is 300 g/mol. The van der Waals surface area contributed by atoms with Gasteiger partial charge in [0, 0.05) is 32.9 Å². The van der Waals surface area contributed by atoms with E-state index in [1.807, 2.05) is 0 Å². The van der Waals surface area contributed by atoms with Gasteiger partial charge in [0.05, 0.1) is 6.67 Å². The summed E-state index contributed by atoms with van der Waals surface area (Å²) in [6.07, 6.45) is 21.6. The third-order valence-electron chi connectivity index (χ3n) is 4.24. The van der Waals surface area contributed by atoms with Crippen molar-refractivity contribution in [2.45, 2.75) is 90.9 Å². The summed E-state index contributed by atoms with van der Waals surface area (Å²) in [5, 5.41) is 7.42. The molecule has 4 nitrogen and oxygen atoms in total. The number of rotatable bonds is 13. The highest BCUT2D eigenvalue weighted by Gasteiger charge is 2.06. The molecule has 0 radical (unpaired) electrons. The molecule has 142 valence electrons. The first-order chi connectivity index (χ1) is 11.6. The molecule has 1 aliphatic rings. The first-order valence-electron chi connectivity index (χ1n) is 9.88. The maximum atomic E-state index is 9.00. The number of aliphatic carboxylic acids is 1. The van der Waals surface area contributed by atoms with Crippen LogP contribution >= 0.6 is 0 Å². The number of hydrogen-bond acceptors (Lipinski definition) is 3. The molecule has 0 aliphatic carbocycles. The Morgan fingerprint density at radius 3 is 1.67 bits per heavy atom. The van der Waals surface area contributed by atoms with Crippen molar-refractivity contribution < 1.29 is 9.90 Å². The van der Waals surface area contributed by atoms with Crippen LogP contribution in [0.25, 0.3) is 0 Å². The summed E-state index contributed by atoms with van der Waals surface area (Å²) >= 11 is 0. The number of carboxylic acid groups (broad SMARTS) is 1. The molecule has 0 fully saturated rings. The molecule has 1 N–H and O–H groups in total. The van der Waals surface area contributed by atoms with Gasteiger partial charge >= 0.3 is 0 Å². The van der Waals surface area contributed by atoms with Crippen molar-refractivity contribution in [2.24, 2.45) is 0 Å². The van der Waals surface area contributed by atoms with E-state index in [0.29, 0.717) is 0 Å². The minimum Gasteiger partial charge on any atom is -0.481 e. The van der Waals surface area contributed by atoms with Crippen LogP contribution in [0.3, 0.4) is 0 Å². The van der Waals surface area contributed by atoms with E-state index in [9.17, 15) is 0 Å². The second-order valence-electron chi connectivity index (χ2n) is 6.92. The van der Waals surface area contributed by atoms with Crippen molar-refractivity contribution in [3.63, 3.8) is 0 Å². The van der Waals surface area contributed by atoms with Gasteiger partial charge in [-0.15, -0.1) is 0 Å². The van der Waals surface area contributed by atoms with Gasteiger partial charge in [0.25, 0.3) is 5.97 Å². The highest BCUT2D eigenvalue weighted by Crippen LogP contribution is 2.12. The van der Waals surface area contributed by atoms with Crippen LogP contribution < -0.4 is 0 Å². The molecular formula is C20H40N2O2. The van der Waals surface area contributed by atoms with Crippen LogP contribution in [-0.4, -0.2) is 41.1 Å². The zero-order valence-corrected chi connectivity index (χ0v) is 16.3. The van der Waals surface area contributed by atoms with E-state index < -0.39 is 5.97 Å². The predicted molar refractivity (Wildman–Crippen MR) is 103 cm³/mol. The lowest BCUT2D eigenvalue weighted by atomic mass is 10.1. The Balaban J connectivity index is 0.00000118. The van der Waals surface area contributed by atoms with Crippen molar-refractivity contribution >= 4 is 5.97 Å². The highest BCUT2D eigenvalue weighted by atomic mass is 16.4. The van der Waals surface area contributed by atoms with Crippen molar-refractivity contribution in [1.29, 1.82) is 0 Å². The standard InChI is InChI=1S/C18H36N2.C2H4O2/c1-3-4-5-6-7-8-9-10-11-12-13-14-15-20-17-16-19(2)18-20;1-2(3)4/h16-17H,3-15,18H2,1-2H3;1H3,(H,3,4). The van der Waals surface area contributed by atoms with E-state index in [1.54, 1.807) is 0 Å². The summed E-state index contributed by atoms with van der Waals surface area (Å²) in [6.45, 7) is 5.69. The van der Waals surface area contributed by atoms with Gasteiger partial charge in [0.1, 0.15) is 0 Å². The average Bonchev–Trinajstić information content (AvgIpc) is 2.93. The third kappa shape index (κ3) is 17.2. The smallest absolute Gasteiger partial charge is 0.300 e. The molecule has 1 heterocycles. The van der Waals surface area contributed by atoms with Gasteiger partial charge in [-0.05, 0) is 6.42 Å². The van der Waals surface area contributed by atoms with Crippen LogP contribution in [0.1, 0.15) is 90.9 Å². The Morgan fingerprint density at radius 2 is 1.29 bits per heavy atom. The number of carbonyl (C=O) groups is 1. The van der Waals surface area contributed by atoms with Crippen molar-refractivity contribution in [1.82, 2.24) is 9.80 Å². The molecule has 4 heteroatoms. The average molecular weight is 341 g/mol. The first-order valence-corrected chi connectivity index (χ1v) is 9.88. The molecule has 0 saturated carbocycles. The molecule has 0 saturated heterocycles. The molecule has 0 aromatic rings. The lowest BCUT2D eigenvalue weighted by molar-refractivity contribution is -0.134. The highest BCUT2D eigenvalue weighted by molar-refractivity contribution is 5.62. The predicted octanol–water partition coefficient (Wildman–Crippen LogP) is 5.45. The SMILES string of the molecule is CC(=O)O.CCCCCCCCCCCCCCN1C=CN(C)C1. The van der Waals surface area contributed by atoms with E-state index in [0.717, 1.165) is 13.6 Å². The Morgan fingerprint density at radius 1 is 0.875 bits per heavy atom. The van der Waals surface area contributed by atoms with Gasteiger partial charge < -0.3 is 14.9 Å². The molecule has 0 amide bonds. The largest absolute Gasteiger partial charge is 0.481 e. The molecule has 0 aromatic carbocycles. The Kier molecular flexibility index (Phi) is 15.8. The maximum absolute atomic E-state index is 9.00. The summed E-state index contributed by atoms with van der Waals surface area (Å²) in [5.74, 6) is -0.833. The maximum Gasteiger partial charge on any atom is 0.300 e. The summed E-state index contributed by atoms with van der Waals surface area (Å²) in [5.41, 5.74) is 0. The van der Waals surface area contributed by atoms with Crippen molar-refractivity contribution in [3.8, 4) is 0 Å². The second-order valence-corrected chi connectivity index (χ2v) is 6.92. The van der Waals surface area contributed by atoms with Crippen LogP contribution in [0.4, 0.5) is 0 Å². The third-order valence-corrected chi connectivity index (χ3v) is 4.24. The van der Waals surface area contributed by atoms with E-state index in [2.05, 4.69) is 36.2 Å². The van der Waals surface area contributed by atoms with Crippen LogP contribution in [0.5, 0.6) is 0 Å². The lowest BCUT2D eigenvalue weighted by Crippen LogP contribution is -2.23. The van der Waals surface area contributed by atoms with Gasteiger partial charge in [0.15, 0.2) is 0 Å². The lowest BCUT2D eigenvalue weighted by Gasteiger charge is -2.17. The fraction of sp³-hybridized carbons (Fsp3) is 0.850. The molecule has 0 bridgehead atoms. The van der Waals surface area contributed by atoms with Crippen molar-refractivity contribution in [3.05, 3.63) is 12.4 Å². The number of hydrogen-bond donors (Lipinski definition) is 1. The fourth-order valence-electron chi connectivity index (χ4n) is 2.89. The Hall–Kier alpha value is -1.19. The fourth-order valence-corrected chi connectivity index (χ4v) is 2.89. The second kappa shape index (κ2) is 16.7. The van der Waals surface area contributed by atoms with E-state index in [-0.39, 0.29) is 0 Å². The van der Waals surface area contributed by atoms with Gasteiger partial charge in [-0.3, -0.25) is 4.79 Å². The van der Waals surface area contributed by atoms with E-state index in [4.69, 9.17) is 9.90 Å². The quantitative estimate of drug-likeness (QED) is 0.452. The molecule has 0 unspecified atom stereocenters. The van der Waals surface area contributed by atoms with Crippen LogP contribution in [0.2, 0.25) is 0 Å². The topological polar surface area (TPSA) is 43.8 Å². The zero-order valence-electron chi connectivity index (χ0n) is 16.3. The number of nitrogens with zero attached hydrogens (tertiary/aromatic N) is 2. The van der Waals surface area contributed by atoms with Crippen molar-refractivity contribution in [2.75, 3.05) is 20.3 Å². The molecule has 0 atom stereocenters. The Labute approximate surface area is 149 Å². The van der Waals surface area contributed by atoms with E-state index >= 15 is 0 Å². The molecule has 1 aliphatic heterocycles.